The Labute approximate surface area is 231 Å². The van der Waals surface area contributed by atoms with Crippen LogP contribution in [0.5, 0.6) is 0 Å². The van der Waals surface area contributed by atoms with Gasteiger partial charge >= 0.3 is 0 Å². The highest BCUT2D eigenvalue weighted by Crippen LogP contribution is 2.24. The van der Waals surface area contributed by atoms with Crippen LogP contribution in [0.3, 0.4) is 0 Å². The standard InChI is InChI=1S/C28H29F2N7O2S/c1-19-20(2-11-26(30)33-19)18-32-22-13-16-37(17-14-22)40(38,39)25-9-7-24(8-10-25)35-28-31-15-12-27(36-28)34-23-5-3-21(29)4-6-23/h2-12,15,22,32H,13-14,16-18H2,1H3,(H2,31,34,35,36). The average molecular weight is 566 g/mol. The Balaban J connectivity index is 1.15. The Morgan fingerprint density at radius 3 is 2.25 bits per heavy atom. The topological polar surface area (TPSA) is 112 Å². The smallest absolute Gasteiger partial charge is 0.243 e. The van der Waals surface area contributed by atoms with E-state index in [9.17, 15) is 17.2 Å². The number of sulfonamides is 1. The van der Waals surface area contributed by atoms with Gasteiger partial charge in [0, 0.05) is 48.9 Å². The number of anilines is 4. The molecule has 1 aliphatic heterocycles. The highest BCUT2D eigenvalue weighted by molar-refractivity contribution is 7.89. The van der Waals surface area contributed by atoms with Crippen molar-refractivity contribution in [2.45, 2.75) is 37.2 Å². The fraction of sp³-hybridized carbons (Fsp3) is 0.250. The van der Waals surface area contributed by atoms with Crippen molar-refractivity contribution < 1.29 is 17.2 Å². The van der Waals surface area contributed by atoms with Crippen LogP contribution >= 0.6 is 0 Å². The molecule has 1 saturated heterocycles. The van der Waals surface area contributed by atoms with E-state index in [1.165, 1.54) is 22.5 Å². The number of rotatable bonds is 9. The van der Waals surface area contributed by atoms with E-state index in [4.69, 9.17) is 0 Å². The Kier molecular flexibility index (Phi) is 8.29. The van der Waals surface area contributed by atoms with Crippen LogP contribution in [0.4, 0.5) is 31.9 Å². The van der Waals surface area contributed by atoms with Crippen LogP contribution in [0.2, 0.25) is 0 Å². The van der Waals surface area contributed by atoms with Crippen LogP contribution in [-0.4, -0.2) is 46.8 Å². The number of pyridine rings is 1. The van der Waals surface area contributed by atoms with Crippen molar-refractivity contribution in [3.8, 4) is 0 Å². The van der Waals surface area contributed by atoms with Crippen LogP contribution in [0.15, 0.2) is 77.8 Å². The minimum absolute atomic E-state index is 0.163. The normalized spacial score (nSPS) is 14.7. The number of halogens is 2. The molecule has 4 aromatic rings. The molecule has 2 aromatic heterocycles. The van der Waals surface area contributed by atoms with Crippen LogP contribution in [0.1, 0.15) is 24.1 Å². The molecule has 0 aliphatic carbocycles. The first-order valence-electron chi connectivity index (χ1n) is 12.8. The van der Waals surface area contributed by atoms with Crippen LogP contribution in [0, 0.1) is 18.7 Å². The van der Waals surface area contributed by atoms with Gasteiger partial charge in [0.15, 0.2) is 0 Å². The average Bonchev–Trinajstić information content (AvgIpc) is 2.95. The maximum atomic E-state index is 13.2. The third kappa shape index (κ3) is 6.76. The molecular formula is C28H29F2N7O2S. The number of aromatic nitrogens is 3. The van der Waals surface area contributed by atoms with E-state index in [1.54, 1.807) is 61.7 Å². The molecule has 0 atom stereocenters. The van der Waals surface area contributed by atoms with Gasteiger partial charge in [-0.1, -0.05) is 6.07 Å². The summed E-state index contributed by atoms with van der Waals surface area (Å²) in [5, 5.41) is 9.59. The van der Waals surface area contributed by atoms with Crippen LogP contribution in [0.25, 0.3) is 0 Å². The first-order valence-corrected chi connectivity index (χ1v) is 14.3. The van der Waals surface area contributed by atoms with Gasteiger partial charge in [-0.2, -0.15) is 13.7 Å². The van der Waals surface area contributed by atoms with E-state index in [0.29, 0.717) is 61.3 Å². The fourth-order valence-electron chi connectivity index (χ4n) is 4.46. The van der Waals surface area contributed by atoms with E-state index in [1.807, 2.05) is 0 Å². The summed E-state index contributed by atoms with van der Waals surface area (Å²) in [7, 11) is -3.64. The van der Waals surface area contributed by atoms with Gasteiger partial charge in [-0.25, -0.2) is 22.8 Å². The second-order valence-corrected chi connectivity index (χ2v) is 11.4. The molecule has 9 nitrogen and oxygen atoms in total. The summed E-state index contributed by atoms with van der Waals surface area (Å²) in [6.07, 6.45) is 2.93. The summed E-state index contributed by atoms with van der Waals surface area (Å²) in [6.45, 7) is 3.14. The molecule has 1 fully saturated rings. The van der Waals surface area contributed by atoms with Crippen molar-refractivity contribution in [3.05, 3.63) is 95.9 Å². The van der Waals surface area contributed by atoms with Gasteiger partial charge in [0.1, 0.15) is 11.6 Å². The maximum absolute atomic E-state index is 13.2. The number of hydrogen-bond donors (Lipinski definition) is 3. The zero-order valence-corrected chi connectivity index (χ0v) is 22.6. The maximum Gasteiger partial charge on any atom is 0.243 e. The Hall–Kier alpha value is -4.00. The van der Waals surface area contributed by atoms with Gasteiger partial charge in [0.2, 0.25) is 21.9 Å². The summed E-state index contributed by atoms with van der Waals surface area (Å²) in [5.74, 6) is 0.0191. The lowest BCUT2D eigenvalue weighted by Gasteiger charge is -2.32. The number of benzene rings is 2. The summed E-state index contributed by atoms with van der Waals surface area (Å²) in [4.78, 5) is 12.7. The van der Waals surface area contributed by atoms with Gasteiger partial charge in [0.25, 0.3) is 0 Å². The van der Waals surface area contributed by atoms with Crippen molar-refractivity contribution in [2.24, 2.45) is 0 Å². The Morgan fingerprint density at radius 2 is 1.55 bits per heavy atom. The van der Waals surface area contributed by atoms with Crippen LogP contribution in [-0.2, 0) is 16.6 Å². The van der Waals surface area contributed by atoms with E-state index in [2.05, 4.69) is 30.9 Å². The zero-order chi connectivity index (χ0) is 28.1. The van der Waals surface area contributed by atoms with E-state index in [-0.39, 0.29) is 16.8 Å². The summed E-state index contributed by atoms with van der Waals surface area (Å²) in [5.41, 5.74) is 2.88. The lowest BCUT2D eigenvalue weighted by molar-refractivity contribution is 0.288. The predicted octanol–water partition coefficient (Wildman–Crippen LogP) is 4.89. The predicted molar refractivity (Wildman–Crippen MR) is 149 cm³/mol. The van der Waals surface area contributed by atoms with E-state index >= 15 is 0 Å². The Morgan fingerprint density at radius 1 is 0.875 bits per heavy atom. The van der Waals surface area contributed by atoms with Gasteiger partial charge < -0.3 is 16.0 Å². The lowest BCUT2D eigenvalue weighted by atomic mass is 10.1. The quantitative estimate of drug-likeness (QED) is 0.246. The largest absolute Gasteiger partial charge is 0.340 e. The van der Waals surface area contributed by atoms with Gasteiger partial charge in [-0.05, 0) is 86.0 Å². The summed E-state index contributed by atoms with van der Waals surface area (Å²) < 4.78 is 54.4. The van der Waals surface area contributed by atoms with E-state index < -0.39 is 16.0 Å². The molecule has 208 valence electrons. The van der Waals surface area contributed by atoms with Gasteiger partial charge in [-0.3, -0.25) is 0 Å². The number of piperidine rings is 1. The monoisotopic (exact) mass is 565 g/mol. The van der Waals surface area contributed by atoms with Crippen molar-refractivity contribution in [1.29, 1.82) is 0 Å². The molecule has 5 rings (SSSR count). The molecule has 40 heavy (non-hydrogen) atoms. The first kappa shape index (κ1) is 27.6. The van der Waals surface area contributed by atoms with E-state index in [0.717, 1.165) is 5.56 Å². The van der Waals surface area contributed by atoms with Crippen LogP contribution < -0.4 is 16.0 Å². The molecule has 0 radical (unpaired) electrons. The summed E-state index contributed by atoms with van der Waals surface area (Å²) >= 11 is 0. The summed E-state index contributed by atoms with van der Waals surface area (Å²) in [6, 6.07) is 17.3. The minimum Gasteiger partial charge on any atom is -0.340 e. The molecule has 2 aromatic carbocycles. The minimum atomic E-state index is -3.64. The molecule has 1 aliphatic rings. The third-order valence-electron chi connectivity index (χ3n) is 6.72. The molecule has 0 unspecified atom stereocenters. The lowest BCUT2D eigenvalue weighted by Crippen LogP contribution is -2.44. The molecule has 0 spiro atoms. The zero-order valence-electron chi connectivity index (χ0n) is 21.8. The second kappa shape index (κ2) is 12.0. The van der Waals surface area contributed by atoms with Gasteiger partial charge in [0.05, 0.1) is 4.90 Å². The number of aryl methyl sites for hydroxylation is 1. The molecule has 0 bridgehead atoms. The number of hydrogen-bond acceptors (Lipinski definition) is 8. The molecule has 0 amide bonds. The molecule has 12 heteroatoms. The Bertz CT molecular complexity index is 1560. The highest BCUT2D eigenvalue weighted by Gasteiger charge is 2.29. The van der Waals surface area contributed by atoms with Crippen molar-refractivity contribution in [1.82, 2.24) is 24.6 Å². The SMILES string of the molecule is Cc1nc(F)ccc1CNC1CCN(S(=O)(=O)c2ccc(Nc3nccc(Nc4ccc(F)cc4)n3)cc2)CC1. The third-order valence-corrected chi connectivity index (χ3v) is 8.63. The van der Waals surface area contributed by atoms with Crippen molar-refractivity contribution in [2.75, 3.05) is 23.7 Å². The molecule has 0 saturated carbocycles. The fourth-order valence-corrected chi connectivity index (χ4v) is 5.93. The van der Waals surface area contributed by atoms with Crippen molar-refractivity contribution >= 4 is 33.2 Å². The molecule has 3 N–H and O–H groups in total. The highest BCUT2D eigenvalue weighted by atomic mass is 32.2. The van der Waals surface area contributed by atoms with Crippen molar-refractivity contribution in [3.63, 3.8) is 0 Å². The van der Waals surface area contributed by atoms with Gasteiger partial charge in [-0.15, -0.1) is 0 Å². The molecular weight excluding hydrogens is 536 g/mol. The first-order chi connectivity index (χ1) is 19.3. The second-order valence-electron chi connectivity index (χ2n) is 9.48. The molecule has 3 heterocycles. The number of nitrogens with one attached hydrogen (secondary N) is 3. The number of nitrogens with zero attached hydrogens (tertiary/aromatic N) is 4.